The fourth-order valence-electron chi connectivity index (χ4n) is 3.09. The summed E-state index contributed by atoms with van der Waals surface area (Å²) in [5.41, 5.74) is 10.3. The maximum atomic E-state index is 6.66. The van der Waals surface area contributed by atoms with E-state index in [-0.39, 0.29) is 5.54 Å². The Hall–Kier alpha value is -1.02. The summed E-state index contributed by atoms with van der Waals surface area (Å²) >= 11 is 0. The zero-order valence-electron chi connectivity index (χ0n) is 12.0. The Morgan fingerprint density at radius 3 is 2.33 bits per heavy atom. The predicted octanol–water partition coefficient (Wildman–Crippen LogP) is 3.68. The molecule has 0 unspecified atom stereocenters. The highest BCUT2D eigenvalue weighted by atomic mass is 16.5. The molecule has 2 N–H and O–H groups in total. The summed E-state index contributed by atoms with van der Waals surface area (Å²) in [6, 6.07) is 4.35. The molecule has 0 amide bonds. The van der Waals surface area contributed by atoms with E-state index in [4.69, 9.17) is 10.5 Å². The van der Waals surface area contributed by atoms with E-state index in [2.05, 4.69) is 32.9 Å². The van der Waals surface area contributed by atoms with Gasteiger partial charge in [0, 0.05) is 5.54 Å². The number of benzene rings is 1. The molecule has 1 aliphatic carbocycles. The summed E-state index contributed by atoms with van der Waals surface area (Å²) in [6.45, 7) is 6.56. The Morgan fingerprint density at radius 1 is 1.17 bits per heavy atom. The fraction of sp³-hybridized carbons (Fsp3) is 0.625. The molecule has 1 aromatic carbocycles. The van der Waals surface area contributed by atoms with Crippen molar-refractivity contribution >= 4 is 0 Å². The second-order valence-corrected chi connectivity index (χ2v) is 5.98. The standard InChI is InChI=1S/C16H25NO/c1-11-5-7-16(17,8-6-11)14-9-13(3)15(18-4)10-12(14)2/h9-11H,5-8,17H2,1-4H3. The van der Waals surface area contributed by atoms with E-state index in [1.165, 1.54) is 29.5 Å². The second kappa shape index (κ2) is 4.93. The molecule has 1 saturated carbocycles. The van der Waals surface area contributed by atoms with Crippen LogP contribution in [0.1, 0.15) is 49.3 Å². The third-order valence-corrected chi connectivity index (χ3v) is 4.44. The highest BCUT2D eigenvalue weighted by molar-refractivity contribution is 5.44. The molecule has 2 heteroatoms. The monoisotopic (exact) mass is 247 g/mol. The number of nitrogens with two attached hydrogens (primary N) is 1. The first-order valence-electron chi connectivity index (χ1n) is 6.91. The smallest absolute Gasteiger partial charge is 0.122 e. The molecule has 0 aromatic heterocycles. The molecule has 0 heterocycles. The van der Waals surface area contributed by atoms with Crippen molar-refractivity contribution in [1.29, 1.82) is 0 Å². The lowest BCUT2D eigenvalue weighted by Gasteiger charge is -2.38. The zero-order chi connectivity index (χ0) is 13.3. The van der Waals surface area contributed by atoms with Crippen molar-refractivity contribution in [3.8, 4) is 5.75 Å². The Balaban J connectivity index is 2.36. The number of hydrogen-bond acceptors (Lipinski definition) is 2. The predicted molar refractivity (Wildman–Crippen MR) is 76.0 cm³/mol. The summed E-state index contributed by atoms with van der Waals surface area (Å²) in [5, 5.41) is 0. The SMILES string of the molecule is COc1cc(C)c(C2(N)CCC(C)CC2)cc1C. The van der Waals surface area contributed by atoms with E-state index in [1.807, 2.05) is 0 Å². The number of hydrogen-bond donors (Lipinski definition) is 1. The molecule has 1 aliphatic rings. The Bertz CT molecular complexity index is 431. The molecule has 0 atom stereocenters. The van der Waals surface area contributed by atoms with E-state index in [9.17, 15) is 0 Å². The van der Waals surface area contributed by atoms with Crippen LogP contribution in [0, 0.1) is 19.8 Å². The zero-order valence-corrected chi connectivity index (χ0v) is 12.0. The minimum absolute atomic E-state index is 0.131. The first-order valence-corrected chi connectivity index (χ1v) is 6.91. The largest absolute Gasteiger partial charge is 0.496 e. The molecule has 0 saturated heterocycles. The van der Waals surface area contributed by atoms with Crippen molar-refractivity contribution in [2.75, 3.05) is 7.11 Å². The van der Waals surface area contributed by atoms with Gasteiger partial charge in [0.25, 0.3) is 0 Å². The van der Waals surface area contributed by atoms with Gasteiger partial charge in [-0.25, -0.2) is 0 Å². The molecule has 0 aliphatic heterocycles. The van der Waals surface area contributed by atoms with E-state index in [0.29, 0.717) is 0 Å². The van der Waals surface area contributed by atoms with Gasteiger partial charge in [0.15, 0.2) is 0 Å². The Morgan fingerprint density at radius 2 is 1.78 bits per heavy atom. The highest BCUT2D eigenvalue weighted by Crippen LogP contribution is 2.40. The number of rotatable bonds is 2. The van der Waals surface area contributed by atoms with Crippen LogP contribution in [0.15, 0.2) is 12.1 Å². The molecular formula is C16H25NO. The molecule has 2 nitrogen and oxygen atoms in total. The summed E-state index contributed by atoms with van der Waals surface area (Å²) in [7, 11) is 1.72. The summed E-state index contributed by atoms with van der Waals surface area (Å²) in [4.78, 5) is 0. The first kappa shape index (κ1) is 13.4. The van der Waals surface area contributed by atoms with Gasteiger partial charge in [-0.05, 0) is 68.2 Å². The molecule has 18 heavy (non-hydrogen) atoms. The van der Waals surface area contributed by atoms with Crippen LogP contribution in [0.5, 0.6) is 5.75 Å². The molecule has 1 fully saturated rings. The van der Waals surface area contributed by atoms with Crippen LogP contribution >= 0.6 is 0 Å². The van der Waals surface area contributed by atoms with Crippen molar-refractivity contribution < 1.29 is 4.74 Å². The molecule has 0 radical (unpaired) electrons. The van der Waals surface area contributed by atoms with Crippen molar-refractivity contribution in [2.24, 2.45) is 11.7 Å². The number of methoxy groups -OCH3 is 1. The minimum Gasteiger partial charge on any atom is -0.496 e. The Labute approximate surface area is 111 Å². The number of ether oxygens (including phenoxy) is 1. The van der Waals surface area contributed by atoms with Crippen LogP contribution in [0.3, 0.4) is 0 Å². The van der Waals surface area contributed by atoms with Crippen LogP contribution in [0.25, 0.3) is 0 Å². The first-order chi connectivity index (χ1) is 8.46. The van der Waals surface area contributed by atoms with Gasteiger partial charge in [-0.15, -0.1) is 0 Å². The quantitative estimate of drug-likeness (QED) is 0.865. The van der Waals surface area contributed by atoms with Gasteiger partial charge in [-0.2, -0.15) is 0 Å². The highest BCUT2D eigenvalue weighted by Gasteiger charge is 2.33. The van der Waals surface area contributed by atoms with Crippen LogP contribution in [0.4, 0.5) is 0 Å². The van der Waals surface area contributed by atoms with Gasteiger partial charge in [0.2, 0.25) is 0 Å². The fourth-order valence-corrected chi connectivity index (χ4v) is 3.09. The average Bonchev–Trinajstić information content (AvgIpc) is 2.35. The van der Waals surface area contributed by atoms with Gasteiger partial charge in [-0.3, -0.25) is 0 Å². The van der Waals surface area contributed by atoms with Gasteiger partial charge in [-0.1, -0.05) is 13.0 Å². The molecular weight excluding hydrogens is 222 g/mol. The van der Waals surface area contributed by atoms with Gasteiger partial charge in [0.1, 0.15) is 5.75 Å². The van der Waals surface area contributed by atoms with Gasteiger partial charge in [0.05, 0.1) is 7.11 Å². The molecule has 0 spiro atoms. The van der Waals surface area contributed by atoms with Gasteiger partial charge < -0.3 is 10.5 Å². The molecule has 1 aromatic rings. The lowest BCUT2D eigenvalue weighted by atomic mass is 9.72. The minimum atomic E-state index is -0.131. The molecule has 2 rings (SSSR count). The van der Waals surface area contributed by atoms with Crippen molar-refractivity contribution in [3.63, 3.8) is 0 Å². The normalized spacial score (nSPS) is 28.2. The van der Waals surface area contributed by atoms with E-state index in [0.717, 1.165) is 24.5 Å². The van der Waals surface area contributed by atoms with Crippen LogP contribution < -0.4 is 10.5 Å². The van der Waals surface area contributed by atoms with Crippen molar-refractivity contribution in [3.05, 3.63) is 28.8 Å². The summed E-state index contributed by atoms with van der Waals surface area (Å²) < 4.78 is 5.38. The van der Waals surface area contributed by atoms with E-state index < -0.39 is 0 Å². The van der Waals surface area contributed by atoms with E-state index in [1.54, 1.807) is 7.11 Å². The maximum absolute atomic E-state index is 6.66. The third-order valence-electron chi connectivity index (χ3n) is 4.44. The van der Waals surface area contributed by atoms with Crippen LogP contribution in [-0.4, -0.2) is 7.11 Å². The summed E-state index contributed by atoms with van der Waals surface area (Å²) in [5.74, 6) is 1.78. The molecule has 100 valence electrons. The van der Waals surface area contributed by atoms with Crippen LogP contribution in [0.2, 0.25) is 0 Å². The summed E-state index contributed by atoms with van der Waals surface area (Å²) in [6.07, 6.45) is 4.67. The van der Waals surface area contributed by atoms with E-state index >= 15 is 0 Å². The maximum Gasteiger partial charge on any atom is 0.122 e. The van der Waals surface area contributed by atoms with Crippen molar-refractivity contribution in [1.82, 2.24) is 0 Å². The van der Waals surface area contributed by atoms with Gasteiger partial charge >= 0.3 is 0 Å². The topological polar surface area (TPSA) is 35.2 Å². The lowest BCUT2D eigenvalue weighted by Crippen LogP contribution is -2.40. The average molecular weight is 247 g/mol. The Kier molecular flexibility index (Phi) is 3.67. The lowest BCUT2D eigenvalue weighted by molar-refractivity contribution is 0.247. The van der Waals surface area contributed by atoms with Crippen LogP contribution in [-0.2, 0) is 5.54 Å². The van der Waals surface area contributed by atoms with Crippen molar-refractivity contribution in [2.45, 2.75) is 52.0 Å². The number of aryl methyl sites for hydroxylation is 2. The third kappa shape index (κ3) is 2.39. The second-order valence-electron chi connectivity index (χ2n) is 5.98. The molecule has 0 bridgehead atoms.